The molecule has 26 heavy (non-hydrogen) atoms. The minimum absolute atomic E-state index is 0.0851. The zero-order valence-corrected chi connectivity index (χ0v) is 15.4. The molecule has 2 heterocycles. The third-order valence-electron chi connectivity index (χ3n) is 3.70. The molecule has 0 spiro atoms. The second-order valence-electron chi connectivity index (χ2n) is 5.79. The minimum Gasteiger partial charge on any atom is -0.459 e. The molecular weight excluding hydrogens is 350 g/mol. The van der Waals surface area contributed by atoms with Crippen LogP contribution in [0.5, 0.6) is 0 Å². The predicted octanol–water partition coefficient (Wildman–Crippen LogP) is 3.07. The molecule has 0 radical (unpaired) electrons. The molecule has 1 aromatic carbocycles. The van der Waals surface area contributed by atoms with Crippen LogP contribution in [0.25, 0.3) is 10.8 Å². The van der Waals surface area contributed by atoms with E-state index in [1.54, 1.807) is 6.92 Å². The van der Waals surface area contributed by atoms with Gasteiger partial charge in [0.1, 0.15) is 10.6 Å². The highest BCUT2D eigenvalue weighted by atomic mass is 32.1. The summed E-state index contributed by atoms with van der Waals surface area (Å²) in [6, 6.07) is 13.3. The van der Waals surface area contributed by atoms with Gasteiger partial charge in [-0.2, -0.15) is 0 Å². The average Bonchev–Trinajstić information content (AvgIpc) is 3.24. The maximum atomic E-state index is 12.3. The molecule has 7 heteroatoms. The Hall–Kier alpha value is -2.93. The standard InChI is InChI=1S/C19H19N3O3S/c1-12-8-9-15(25-12)19-22-13(2)17(26-19)18(24)21-11-16(23)20-10-14-6-4-3-5-7-14/h3-9H,10-11H2,1-2H3,(H,20,23)(H,21,24). The van der Waals surface area contributed by atoms with Gasteiger partial charge >= 0.3 is 0 Å². The van der Waals surface area contributed by atoms with Crippen LogP contribution in [0.1, 0.15) is 26.7 Å². The summed E-state index contributed by atoms with van der Waals surface area (Å²) in [6.07, 6.45) is 0. The van der Waals surface area contributed by atoms with E-state index in [0.717, 1.165) is 11.3 Å². The normalized spacial score (nSPS) is 10.5. The second kappa shape index (κ2) is 7.97. The fourth-order valence-corrected chi connectivity index (χ4v) is 3.31. The van der Waals surface area contributed by atoms with Crippen molar-refractivity contribution >= 4 is 23.2 Å². The number of rotatable bonds is 6. The number of thiazole rings is 1. The fourth-order valence-electron chi connectivity index (χ4n) is 2.36. The Morgan fingerprint density at radius 1 is 1.08 bits per heavy atom. The summed E-state index contributed by atoms with van der Waals surface area (Å²) >= 11 is 1.25. The SMILES string of the molecule is Cc1ccc(-c2nc(C)c(C(=O)NCC(=O)NCc3ccccc3)s2)o1. The van der Waals surface area contributed by atoms with Crippen LogP contribution < -0.4 is 10.6 Å². The Bertz CT molecular complexity index is 915. The van der Waals surface area contributed by atoms with Gasteiger partial charge < -0.3 is 15.1 Å². The molecule has 0 saturated carbocycles. The summed E-state index contributed by atoms with van der Waals surface area (Å²) in [5, 5.41) is 6.06. The molecule has 134 valence electrons. The molecule has 0 aliphatic heterocycles. The predicted molar refractivity (Wildman–Crippen MR) is 99.9 cm³/mol. The van der Waals surface area contributed by atoms with Crippen molar-refractivity contribution in [3.8, 4) is 10.8 Å². The number of amides is 2. The van der Waals surface area contributed by atoms with E-state index in [0.29, 0.717) is 27.9 Å². The average molecular weight is 369 g/mol. The van der Waals surface area contributed by atoms with Crippen molar-refractivity contribution in [2.45, 2.75) is 20.4 Å². The number of aryl methyl sites for hydroxylation is 2. The lowest BCUT2D eigenvalue weighted by Crippen LogP contribution is -2.36. The number of benzene rings is 1. The Morgan fingerprint density at radius 3 is 2.54 bits per heavy atom. The lowest BCUT2D eigenvalue weighted by molar-refractivity contribution is -0.120. The van der Waals surface area contributed by atoms with Gasteiger partial charge in [0.15, 0.2) is 10.8 Å². The Balaban J connectivity index is 1.55. The van der Waals surface area contributed by atoms with E-state index in [1.165, 1.54) is 11.3 Å². The number of nitrogens with zero attached hydrogens (tertiary/aromatic N) is 1. The van der Waals surface area contributed by atoms with Crippen LogP contribution >= 0.6 is 11.3 Å². The first-order valence-corrected chi connectivity index (χ1v) is 8.97. The Labute approximate surface area is 155 Å². The van der Waals surface area contributed by atoms with Crippen molar-refractivity contribution in [2.75, 3.05) is 6.54 Å². The van der Waals surface area contributed by atoms with Gasteiger partial charge in [0.25, 0.3) is 5.91 Å². The van der Waals surface area contributed by atoms with Crippen LogP contribution in [-0.4, -0.2) is 23.3 Å². The van der Waals surface area contributed by atoms with Gasteiger partial charge in [-0.1, -0.05) is 30.3 Å². The van der Waals surface area contributed by atoms with Crippen molar-refractivity contribution in [1.29, 1.82) is 0 Å². The van der Waals surface area contributed by atoms with Crippen molar-refractivity contribution in [3.63, 3.8) is 0 Å². The molecule has 0 aliphatic carbocycles. The van der Waals surface area contributed by atoms with Crippen LogP contribution in [0.2, 0.25) is 0 Å². The highest BCUT2D eigenvalue weighted by Crippen LogP contribution is 2.29. The van der Waals surface area contributed by atoms with E-state index in [9.17, 15) is 9.59 Å². The smallest absolute Gasteiger partial charge is 0.263 e. The summed E-state index contributed by atoms with van der Waals surface area (Å²) in [5.74, 6) is 0.861. The maximum absolute atomic E-state index is 12.3. The van der Waals surface area contributed by atoms with E-state index < -0.39 is 0 Å². The van der Waals surface area contributed by atoms with E-state index in [-0.39, 0.29) is 18.4 Å². The summed E-state index contributed by atoms with van der Waals surface area (Å²) < 4.78 is 5.54. The minimum atomic E-state index is -0.315. The Morgan fingerprint density at radius 2 is 1.85 bits per heavy atom. The summed E-state index contributed by atoms with van der Waals surface area (Å²) in [6.45, 7) is 3.96. The first kappa shape index (κ1) is 17.9. The maximum Gasteiger partial charge on any atom is 0.263 e. The molecule has 0 saturated heterocycles. The van der Waals surface area contributed by atoms with E-state index in [2.05, 4.69) is 15.6 Å². The zero-order valence-electron chi connectivity index (χ0n) is 14.5. The van der Waals surface area contributed by atoms with Crippen LogP contribution in [0.3, 0.4) is 0 Å². The lowest BCUT2D eigenvalue weighted by atomic mass is 10.2. The van der Waals surface area contributed by atoms with Crippen LogP contribution in [0.15, 0.2) is 46.9 Å². The lowest BCUT2D eigenvalue weighted by Gasteiger charge is -2.06. The van der Waals surface area contributed by atoms with Crippen LogP contribution in [0, 0.1) is 13.8 Å². The quantitative estimate of drug-likeness (QED) is 0.699. The molecule has 3 rings (SSSR count). The molecular formula is C19H19N3O3S. The number of nitrogens with one attached hydrogen (secondary N) is 2. The topological polar surface area (TPSA) is 84.2 Å². The van der Waals surface area contributed by atoms with Crippen LogP contribution in [0.4, 0.5) is 0 Å². The highest BCUT2D eigenvalue weighted by Gasteiger charge is 2.18. The summed E-state index contributed by atoms with van der Waals surface area (Å²) in [5.41, 5.74) is 1.62. The largest absolute Gasteiger partial charge is 0.459 e. The number of aromatic nitrogens is 1. The summed E-state index contributed by atoms with van der Waals surface area (Å²) in [4.78, 5) is 29.1. The van der Waals surface area contributed by atoms with Crippen molar-refractivity contribution in [1.82, 2.24) is 15.6 Å². The number of furan rings is 1. The number of carbonyl (C=O) groups is 2. The molecule has 2 N–H and O–H groups in total. The molecule has 0 unspecified atom stereocenters. The second-order valence-corrected chi connectivity index (χ2v) is 6.79. The Kier molecular flexibility index (Phi) is 5.48. The first-order valence-electron chi connectivity index (χ1n) is 8.16. The van der Waals surface area contributed by atoms with Crippen molar-refractivity contribution in [2.24, 2.45) is 0 Å². The molecule has 6 nitrogen and oxygen atoms in total. The molecule has 0 aliphatic rings. The van der Waals surface area contributed by atoms with Gasteiger partial charge in [0, 0.05) is 6.54 Å². The number of hydrogen-bond acceptors (Lipinski definition) is 5. The number of hydrogen-bond donors (Lipinski definition) is 2. The van der Waals surface area contributed by atoms with Gasteiger partial charge in [-0.05, 0) is 31.5 Å². The highest BCUT2D eigenvalue weighted by molar-refractivity contribution is 7.17. The van der Waals surface area contributed by atoms with Crippen molar-refractivity contribution < 1.29 is 14.0 Å². The third kappa shape index (κ3) is 4.37. The molecule has 2 amide bonds. The molecule has 0 atom stereocenters. The van der Waals surface area contributed by atoms with E-state index in [1.807, 2.05) is 49.4 Å². The van der Waals surface area contributed by atoms with E-state index in [4.69, 9.17) is 4.42 Å². The molecule has 0 bridgehead atoms. The van der Waals surface area contributed by atoms with E-state index >= 15 is 0 Å². The van der Waals surface area contributed by atoms with Gasteiger partial charge in [0.05, 0.1) is 12.2 Å². The first-order chi connectivity index (χ1) is 12.5. The van der Waals surface area contributed by atoms with Crippen molar-refractivity contribution in [3.05, 3.63) is 64.4 Å². The van der Waals surface area contributed by atoms with Gasteiger partial charge in [-0.15, -0.1) is 11.3 Å². The molecule has 3 aromatic rings. The van der Waals surface area contributed by atoms with Gasteiger partial charge in [-0.25, -0.2) is 4.98 Å². The van der Waals surface area contributed by atoms with Gasteiger partial charge in [0.2, 0.25) is 5.91 Å². The summed E-state index contributed by atoms with van der Waals surface area (Å²) in [7, 11) is 0. The number of carbonyl (C=O) groups excluding carboxylic acids is 2. The monoisotopic (exact) mass is 369 g/mol. The van der Waals surface area contributed by atoms with Crippen LogP contribution in [-0.2, 0) is 11.3 Å². The zero-order chi connectivity index (χ0) is 18.5. The fraction of sp³-hybridized carbons (Fsp3) is 0.211. The molecule has 2 aromatic heterocycles. The molecule has 0 fully saturated rings. The van der Waals surface area contributed by atoms with Gasteiger partial charge in [-0.3, -0.25) is 9.59 Å². The third-order valence-corrected chi connectivity index (χ3v) is 4.87.